The van der Waals surface area contributed by atoms with E-state index in [-0.39, 0.29) is 11.2 Å². The lowest BCUT2D eigenvalue weighted by Gasteiger charge is -2.10. The first-order chi connectivity index (χ1) is 11.9. The van der Waals surface area contributed by atoms with Crippen LogP contribution in [0.2, 0.25) is 0 Å². The van der Waals surface area contributed by atoms with Crippen LogP contribution >= 0.6 is 0 Å². The highest BCUT2D eigenvalue weighted by molar-refractivity contribution is 5.90. The van der Waals surface area contributed by atoms with Crippen molar-refractivity contribution >= 4 is 22.8 Å². The van der Waals surface area contributed by atoms with Crippen molar-refractivity contribution in [2.45, 2.75) is 6.54 Å². The molecule has 0 radical (unpaired) electrons. The largest absolute Gasteiger partial charge is 0.497 e. The van der Waals surface area contributed by atoms with Crippen LogP contribution in [0, 0.1) is 0 Å². The van der Waals surface area contributed by atoms with E-state index in [1.165, 1.54) is 29.6 Å². The highest BCUT2D eigenvalue weighted by atomic mass is 16.5. The molecule has 1 aromatic carbocycles. The van der Waals surface area contributed by atoms with Crippen LogP contribution in [0.15, 0.2) is 40.2 Å². The molecule has 130 valence electrons. The molecule has 0 aliphatic carbocycles. The third-order valence-electron chi connectivity index (χ3n) is 3.86. The van der Waals surface area contributed by atoms with Gasteiger partial charge in [0.15, 0.2) is 11.2 Å². The standard InChI is InChI=1S/C16H17N5O4/c1-19-9-17-14-13(19)15(23)21(16(24)20(14)2)8-12(22)18-10-5-4-6-11(7-10)25-3/h4-7,9H,8H2,1-3H3,(H,18,22). The summed E-state index contributed by atoms with van der Waals surface area (Å²) in [6.07, 6.45) is 1.45. The van der Waals surface area contributed by atoms with Gasteiger partial charge < -0.3 is 14.6 Å². The highest BCUT2D eigenvalue weighted by Crippen LogP contribution is 2.16. The third-order valence-corrected chi connectivity index (χ3v) is 3.86. The average Bonchev–Trinajstić information content (AvgIpc) is 2.99. The third kappa shape index (κ3) is 2.91. The number of aromatic nitrogens is 4. The van der Waals surface area contributed by atoms with Crippen molar-refractivity contribution in [1.82, 2.24) is 18.7 Å². The number of hydrogen-bond donors (Lipinski definition) is 1. The first-order valence-electron chi connectivity index (χ1n) is 7.47. The monoisotopic (exact) mass is 343 g/mol. The summed E-state index contributed by atoms with van der Waals surface area (Å²) < 4.78 is 8.75. The van der Waals surface area contributed by atoms with Crippen LogP contribution in [0.5, 0.6) is 5.75 Å². The molecule has 0 unspecified atom stereocenters. The van der Waals surface area contributed by atoms with Crippen molar-refractivity contribution in [3.8, 4) is 5.75 Å². The smallest absolute Gasteiger partial charge is 0.332 e. The number of nitrogens with zero attached hydrogens (tertiary/aromatic N) is 4. The van der Waals surface area contributed by atoms with Crippen molar-refractivity contribution in [1.29, 1.82) is 0 Å². The zero-order valence-electron chi connectivity index (χ0n) is 14.0. The van der Waals surface area contributed by atoms with Crippen LogP contribution in [0.4, 0.5) is 5.69 Å². The van der Waals surface area contributed by atoms with E-state index in [4.69, 9.17) is 4.74 Å². The Labute approximate surface area is 142 Å². The van der Waals surface area contributed by atoms with Crippen LogP contribution in [0.3, 0.4) is 0 Å². The van der Waals surface area contributed by atoms with Gasteiger partial charge >= 0.3 is 5.69 Å². The second-order valence-corrected chi connectivity index (χ2v) is 5.54. The predicted molar refractivity (Wildman–Crippen MR) is 91.8 cm³/mol. The molecular formula is C16H17N5O4. The lowest BCUT2D eigenvalue weighted by Crippen LogP contribution is -2.42. The molecule has 9 heteroatoms. The van der Waals surface area contributed by atoms with Gasteiger partial charge in [-0.15, -0.1) is 0 Å². The molecule has 0 atom stereocenters. The quantitative estimate of drug-likeness (QED) is 0.723. The van der Waals surface area contributed by atoms with Gasteiger partial charge in [-0.05, 0) is 12.1 Å². The molecule has 0 fully saturated rings. The fourth-order valence-electron chi connectivity index (χ4n) is 2.58. The Balaban J connectivity index is 1.95. The van der Waals surface area contributed by atoms with Gasteiger partial charge in [0.1, 0.15) is 12.3 Å². The molecule has 9 nitrogen and oxygen atoms in total. The Hall–Kier alpha value is -3.36. The van der Waals surface area contributed by atoms with Crippen molar-refractivity contribution in [3.63, 3.8) is 0 Å². The minimum atomic E-state index is -0.600. The molecule has 0 spiro atoms. The fraction of sp³-hybridized carbons (Fsp3) is 0.250. The van der Waals surface area contributed by atoms with E-state index < -0.39 is 23.7 Å². The number of anilines is 1. The number of imidazole rings is 1. The molecule has 2 heterocycles. The average molecular weight is 343 g/mol. The first-order valence-corrected chi connectivity index (χ1v) is 7.47. The summed E-state index contributed by atoms with van der Waals surface area (Å²) in [4.78, 5) is 41.3. The molecule has 0 aliphatic rings. The Bertz CT molecular complexity index is 1080. The van der Waals surface area contributed by atoms with E-state index in [1.54, 1.807) is 31.3 Å². The van der Waals surface area contributed by atoms with Gasteiger partial charge in [-0.1, -0.05) is 6.07 Å². The maximum atomic E-state index is 12.6. The van der Waals surface area contributed by atoms with Crippen LogP contribution in [-0.2, 0) is 25.4 Å². The number of ether oxygens (including phenoxy) is 1. The summed E-state index contributed by atoms with van der Waals surface area (Å²) in [5.74, 6) is 0.0937. The van der Waals surface area contributed by atoms with E-state index >= 15 is 0 Å². The fourth-order valence-corrected chi connectivity index (χ4v) is 2.58. The number of methoxy groups -OCH3 is 1. The molecule has 0 bridgehead atoms. The van der Waals surface area contributed by atoms with Crippen molar-refractivity contribution in [3.05, 3.63) is 51.4 Å². The molecule has 25 heavy (non-hydrogen) atoms. The van der Waals surface area contributed by atoms with Crippen molar-refractivity contribution in [2.75, 3.05) is 12.4 Å². The summed E-state index contributed by atoms with van der Waals surface area (Å²) >= 11 is 0. The van der Waals surface area contributed by atoms with Crippen LogP contribution < -0.4 is 21.3 Å². The zero-order valence-corrected chi connectivity index (χ0v) is 14.0. The molecule has 0 aliphatic heterocycles. The minimum Gasteiger partial charge on any atom is -0.497 e. The highest BCUT2D eigenvalue weighted by Gasteiger charge is 2.17. The lowest BCUT2D eigenvalue weighted by molar-refractivity contribution is -0.116. The number of benzene rings is 1. The number of rotatable bonds is 4. The number of nitrogens with one attached hydrogen (secondary N) is 1. The van der Waals surface area contributed by atoms with Gasteiger partial charge in [-0.3, -0.25) is 14.2 Å². The van der Waals surface area contributed by atoms with Crippen molar-refractivity contribution < 1.29 is 9.53 Å². The summed E-state index contributed by atoms with van der Waals surface area (Å²) in [5.41, 5.74) is -0.107. The van der Waals surface area contributed by atoms with E-state index in [2.05, 4.69) is 10.3 Å². The molecule has 0 saturated heterocycles. The number of fused-ring (bicyclic) bond motifs is 1. The lowest BCUT2D eigenvalue weighted by atomic mass is 10.3. The maximum Gasteiger partial charge on any atom is 0.332 e. The molecule has 3 aromatic rings. The number of carbonyl (C=O) groups excluding carboxylic acids is 1. The van der Waals surface area contributed by atoms with Gasteiger partial charge in [0.05, 0.1) is 13.4 Å². The molecule has 2 aromatic heterocycles. The molecule has 1 N–H and O–H groups in total. The Morgan fingerprint density at radius 1 is 1.28 bits per heavy atom. The van der Waals surface area contributed by atoms with Gasteiger partial charge in [0.2, 0.25) is 5.91 Å². The second kappa shape index (κ2) is 6.27. The molecule has 3 rings (SSSR count). The van der Waals surface area contributed by atoms with Crippen LogP contribution in [-0.4, -0.2) is 31.7 Å². The molecule has 1 amide bonds. The van der Waals surface area contributed by atoms with Gasteiger partial charge in [-0.2, -0.15) is 0 Å². The first kappa shape index (κ1) is 16.5. The van der Waals surface area contributed by atoms with Crippen molar-refractivity contribution in [2.24, 2.45) is 14.1 Å². The molecular weight excluding hydrogens is 326 g/mol. The SMILES string of the molecule is COc1cccc(NC(=O)Cn2c(=O)c3c(ncn3C)n(C)c2=O)c1. The van der Waals surface area contributed by atoms with Crippen LogP contribution in [0.25, 0.3) is 11.2 Å². The summed E-state index contributed by atoms with van der Waals surface area (Å²) in [5, 5.41) is 2.65. The number of hydrogen-bond acceptors (Lipinski definition) is 5. The Morgan fingerprint density at radius 3 is 2.76 bits per heavy atom. The minimum absolute atomic E-state index is 0.260. The Kier molecular flexibility index (Phi) is 4.14. The van der Waals surface area contributed by atoms with Gasteiger partial charge in [-0.25, -0.2) is 14.3 Å². The maximum absolute atomic E-state index is 12.6. The zero-order chi connectivity index (χ0) is 18.1. The second-order valence-electron chi connectivity index (χ2n) is 5.54. The van der Waals surface area contributed by atoms with Gasteiger partial charge in [0.25, 0.3) is 5.56 Å². The van der Waals surface area contributed by atoms with E-state index in [9.17, 15) is 14.4 Å². The summed E-state index contributed by atoms with van der Waals surface area (Å²) in [6, 6.07) is 6.79. The topological polar surface area (TPSA) is 100 Å². The number of amides is 1. The Morgan fingerprint density at radius 2 is 2.04 bits per heavy atom. The van der Waals surface area contributed by atoms with E-state index in [0.717, 1.165) is 4.57 Å². The summed E-state index contributed by atoms with van der Waals surface area (Å²) in [7, 11) is 4.68. The normalized spacial score (nSPS) is 10.8. The number of aryl methyl sites for hydroxylation is 2. The van der Waals surface area contributed by atoms with Crippen LogP contribution in [0.1, 0.15) is 0 Å². The van der Waals surface area contributed by atoms with E-state index in [0.29, 0.717) is 11.4 Å². The van der Waals surface area contributed by atoms with E-state index in [1.807, 2.05) is 0 Å². The van der Waals surface area contributed by atoms with Gasteiger partial charge in [0, 0.05) is 25.8 Å². The predicted octanol–water partition coefficient (Wildman–Crippen LogP) is 0.0810. The summed E-state index contributed by atoms with van der Waals surface area (Å²) in [6.45, 7) is -0.399. The number of carbonyl (C=O) groups is 1. The molecule has 0 saturated carbocycles.